The third-order valence-corrected chi connectivity index (χ3v) is 5.53. The third kappa shape index (κ3) is 3.05. The predicted molar refractivity (Wildman–Crippen MR) is 89.2 cm³/mol. The lowest BCUT2D eigenvalue weighted by molar-refractivity contribution is -0.387. The van der Waals surface area contributed by atoms with Crippen molar-refractivity contribution in [1.29, 1.82) is 0 Å². The summed E-state index contributed by atoms with van der Waals surface area (Å²) in [5.74, 6) is 0. The van der Waals surface area contributed by atoms with Gasteiger partial charge in [0.1, 0.15) is 0 Å². The number of hydrogen-bond acceptors (Lipinski definition) is 4. The average molecular weight is 334 g/mol. The van der Waals surface area contributed by atoms with Gasteiger partial charge in [-0.25, -0.2) is 8.42 Å². The molecule has 23 heavy (non-hydrogen) atoms. The van der Waals surface area contributed by atoms with Crippen LogP contribution in [0.3, 0.4) is 0 Å². The molecule has 0 spiro atoms. The van der Waals surface area contributed by atoms with Gasteiger partial charge in [-0.3, -0.25) is 14.4 Å². The maximum Gasteiger partial charge on any atom is 0.289 e. The molecule has 0 aliphatic heterocycles. The van der Waals surface area contributed by atoms with Gasteiger partial charge in [0.15, 0.2) is 4.90 Å². The third-order valence-electron chi connectivity index (χ3n) is 3.61. The van der Waals surface area contributed by atoms with E-state index >= 15 is 0 Å². The van der Waals surface area contributed by atoms with Crippen molar-refractivity contribution in [3.63, 3.8) is 0 Å². The number of nitro groups is 1. The van der Waals surface area contributed by atoms with Crippen LogP contribution in [-0.2, 0) is 10.0 Å². The summed E-state index contributed by atoms with van der Waals surface area (Å²) in [4.78, 5) is 10.2. The van der Waals surface area contributed by atoms with Crippen LogP contribution < -0.4 is 4.31 Å². The molecule has 2 aromatic rings. The fraction of sp³-hybridized carbons (Fsp3) is 0.250. The Hall–Kier alpha value is -2.41. The van der Waals surface area contributed by atoms with E-state index in [1.807, 2.05) is 32.0 Å². The minimum atomic E-state index is -4.03. The smallest absolute Gasteiger partial charge is 0.266 e. The number of rotatable bonds is 5. The Morgan fingerprint density at radius 2 is 1.61 bits per heavy atom. The number of hydrogen-bond donors (Lipinski definition) is 0. The maximum atomic E-state index is 13.0. The standard InChI is InChI=1S/C16H18N2O4S/c1-4-17(16-12(2)8-7-9-13(16)3)23(21,22)15-11-6-5-10-14(15)18(19)20/h5-11H,4H2,1-3H3. The van der Waals surface area contributed by atoms with Gasteiger partial charge in [0.05, 0.1) is 10.6 Å². The Morgan fingerprint density at radius 3 is 2.13 bits per heavy atom. The number of anilines is 1. The summed E-state index contributed by atoms with van der Waals surface area (Å²) >= 11 is 0. The molecule has 0 N–H and O–H groups in total. The molecule has 2 aromatic carbocycles. The number of benzene rings is 2. The first-order chi connectivity index (χ1) is 10.8. The van der Waals surface area contributed by atoms with Crippen molar-refractivity contribution in [3.05, 3.63) is 63.7 Å². The minimum absolute atomic E-state index is 0.181. The Labute approximate surface area is 135 Å². The van der Waals surface area contributed by atoms with Gasteiger partial charge in [-0.05, 0) is 38.0 Å². The van der Waals surface area contributed by atoms with E-state index in [1.54, 1.807) is 6.92 Å². The largest absolute Gasteiger partial charge is 0.289 e. The number of nitro benzene ring substituents is 1. The van der Waals surface area contributed by atoms with Gasteiger partial charge in [0.2, 0.25) is 0 Å². The van der Waals surface area contributed by atoms with Gasteiger partial charge < -0.3 is 0 Å². The maximum absolute atomic E-state index is 13.0. The number of aryl methyl sites for hydroxylation is 2. The van der Waals surface area contributed by atoms with Gasteiger partial charge in [-0.1, -0.05) is 30.3 Å². The van der Waals surface area contributed by atoms with Crippen LogP contribution >= 0.6 is 0 Å². The van der Waals surface area contributed by atoms with E-state index in [4.69, 9.17) is 0 Å². The van der Waals surface area contributed by atoms with Gasteiger partial charge in [0.25, 0.3) is 15.7 Å². The lowest BCUT2D eigenvalue weighted by atomic mass is 10.1. The first kappa shape index (κ1) is 17.0. The van der Waals surface area contributed by atoms with Crippen molar-refractivity contribution in [2.75, 3.05) is 10.8 Å². The van der Waals surface area contributed by atoms with E-state index in [2.05, 4.69) is 0 Å². The highest BCUT2D eigenvalue weighted by molar-refractivity contribution is 7.93. The summed E-state index contributed by atoms with van der Waals surface area (Å²) in [7, 11) is -4.03. The van der Waals surface area contributed by atoms with Crippen LogP contribution in [0.4, 0.5) is 11.4 Å². The predicted octanol–water partition coefficient (Wildman–Crippen LogP) is 3.43. The lowest BCUT2D eigenvalue weighted by Gasteiger charge is -2.26. The van der Waals surface area contributed by atoms with Crippen LogP contribution in [0.1, 0.15) is 18.1 Å². The Kier molecular flexibility index (Phi) is 4.70. The molecule has 0 atom stereocenters. The summed E-state index contributed by atoms with van der Waals surface area (Å²) in [6.07, 6.45) is 0. The summed E-state index contributed by atoms with van der Waals surface area (Å²) < 4.78 is 27.3. The van der Waals surface area contributed by atoms with Crippen LogP contribution in [0.25, 0.3) is 0 Å². The van der Waals surface area contributed by atoms with Gasteiger partial charge >= 0.3 is 0 Å². The molecule has 7 heteroatoms. The highest BCUT2D eigenvalue weighted by Crippen LogP contribution is 2.33. The first-order valence-electron chi connectivity index (χ1n) is 7.13. The second kappa shape index (κ2) is 6.37. The zero-order chi connectivity index (χ0) is 17.2. The highest BCUT2D eigenvalue weighted by atomic mass is 32.2. The molecule has 0 aromatic heterocycles. The second-order valence-corrected chi connectivity index (χ2v) is 6.97. The lowest BCUT2D eigenvalue weighted by Crippen LogP contribution is -2.32. The molecule has 0 unspecified atom stereocenters. The first-order valence-corrected chi connectivity index (χ1v) is 8.57. The number of nitrogens with zero attached hydrogens (tertiary/aromatic N) is 2. The molecule has 2 rings (SSSR count). The summed E-state index contributed by atoms with van der Waals surface area (Å²) in [5.41, 5.74) is 1.74. The number of para-hydroxylation sites is 2. The summed E-state index contributed by atoms with van der Waals surface area (Å²) in [5, 5.41) is 11.2. The normalized spacial score (nSPS) is 11.3. The van der Waals surface area contributed by atoms with E-state index in [-0.39, 0.29) is 11.4 Å². The minimum Gasteiger partial charge on any atom is -0.266 e. The monoisotopic (exact) mass is 334 g/mol. The Bertz CT molecular complexity index is 827. The van der Waals surface area contributed by atoms with Crippen molar-refractivity contribution in [3.8, 4) is 0 Å². The molecule has 122 valence electrons. The SMILES string of the molecule is CCN(c1c(C)cccc1C)S(=O)(=O)c1ccccc1[N+](=O)[O-]. The van der Waals surface area contributed by atoms with Crippen LogP contribution in [0.15, 0.2) is 47.4 Å². The average Bonchev–Trinajstić information content (AvgIpc) is 2.50. The zero-order valence-corrected chi connectivity index (χ0v) is 14.0. The molecule has 0 saturated heterocycles. The molecule has 0 radical (unpaired) electrons. The van der Waals surface area contributed by atoms with Gasteiger partial charge in [0, 0.05) is 12.6 Å². The summed E-state index contributed by atoms with van der Waals surface area (Å²) in [6, 6.07) is 10.9. The van der Waals surface area contributed by atoms with E-state index in [0.29, 0.717) is 5.69 Å². The van der Waals surface area contributed by atoms with E-state index < -0.39 is 20.6 Å². The topological polar surface area (TPSA) is 80.5 Å². The van der Waals surface area contributed by atoms with Crippen molar-refractivity contribution >= 4 is 21.4 Å². The van der Waals surface area contributed by atoms with Crippen LogP contribution in [0.2, 0.25) is 0 Å². The molecule has 0 saturated carbocycles. The second-order valence-electron chi connectivity index (χ2n) is 5.14. The molecule has 0 amide bonds. The molecule has 0 aliphatic carbocycles. The summed E-state index contributed by atoms with van der Waals surface area (Å²) in [6.45, 7) is 5.53. The van der Waals surface area contributed by atoms with Crippen molar-refractivity contribution in [1.82, 2.24) is 0 Å². The number of sulfonamides is 1. The van der Waals surface area contributed by atoms with Crippen molar-refractivity contribution < 1.29 is 13.3 Å². The Balaban J connectivity index is 2.69. The molecule has 0 bridgehead atoms. The van der Waals surface area contributed by atoms with E-state index in [0.717, 1.165) is 11.1 Å². The van der Waals surface area contributed by atoms with E-state index in [1.165, 1.54) is 28.6 Å². The van der Waals surface area contributed by atoms with E-state index in [9.17, 15) is 18.5 Å². The van der Waals surface area contributed by atoms with Crippen LogP contribution in [0, 0.1) is 24.0 Å². The zero-order valence-electron chi connectivity index (χ0n) is 13.2. The van der Waals surface area contributed by atoms with Gasteiger partial charge in [-0.2, -0.15) is 0 Å². The fourth-order valence-electron chi connectivity index (χ4n) is 2.59. The molecular weight excluding hydrogens is 316 g/mol. The highest BCUT2D eigenvalue weighted by Gasteiger charge is 2.32. The van der Waals surface area contributed by atoms with Crippen LogP contribution in [-0.4, -0.2) is 19.9 Å². The fourth-order valence-corrected chi connectivity index (χ4v) is 4.36. The molecule has 0 fully saturated rings. The van der Waals surface area contributed by atoms with Crippen molar-refractivity contribution in [2.24, 2.45) is 0 Å². The molecule has 0 heterocycles. The quantitative estimate of drug-likeness (QED) is 0.620. The molecular formula is C16H18N2O4S. The Morgan fingerprint density at radius 1 is 1.04 bits per heavy atom. The van der Waals surface area contributed by atoms with Crippen molar-refractivity contribution in [2.45, 2.75) is 25.7 Å². The molecule has 6 nitrogen and oxygen atoms in total. The molecule has 0 aliphatic rings. The van der Waals surface area contributed by atoms with Crippen LogP contribution in [0.5, 0.6) is 0 Å². The van der Waals surface area contributed by atoms with Gasteiger partial charge in [-0.15, -0.1) is 0 Å².